The zero-order valence-corrected chi connectivity index (χ0v) is 11.1. The summed E-state index contributed by atoms with van der Waals surface area (Å²) in [6.07, 6.45) is 1.96. The van der Waals surface area contributed by atoms with E-state index in [0.29, 0.717) is 26.2 Å². The van der Waals surface area contributed by atoms with Crippen LogP contribution in [0.4, 0.5) is 0 Å². The van der Waals surface area contributed by atoms with Crippen molar-refractivity contribution >= 4 is 11.7 Å². The van der Waals surface area contributed by atoms with Gasteiger partial charge in [0.05, 0.1) is 0 Å². The molecule has 0 atom stereocenters. The molecule has 1 aliphatic heterocycles. The van der Waals surface area contributed by atoms with Gasteiger partial charge < -0.3 is 20.6 Å². The summed E-state index contributed by atoms with van der Waals surface area (Å²) in [4.78, 5) is 14.2. The smallest absolute Gasteiger partial charge is 0.226 e. The van der Waals surface area contributed by atoms with E-state index in [4.69, 9.17) is 15.7 Å². The van der Waals surface area contributed by atoms with Crippen LogP contribution in [-0.2, 0) is 9.53 Å². The van der Waals surface area contributed by atoms with E-state index in [1.54, 1.807) is 4.90 Å². The van der Waals surface area contributed by atoms with Crippen LogP contribution in [0.2, 0.25) is 0 Å². The van der Waals surface area contributed by atoms with E-state index in [0.717, 1.165) is 12.8 Å². The van der Waals surface area contributed by atoms with E-state index in [9.17, 15) is 4.79 Å². The lowest BCUT2D eigenvalue weighted by Gasteiger charge is -2.32. The molecule has 0 radical (unpaired) electrons. The monoisotopic (exact) mass is 257 g/mol. The van der Waals surface area contributed by atoms with Crippen molar-refractivity contribution in [3.63, 3.8) is 0 Å². The summed E-state index contributed by atoms with van der Waals surface area (Å²) in [5.74, 6) is 0.355. The Kier molecular flexibility index (Phi) is 5.91. The number of oxime groups is 1. The van der Waals surface area contributed by atoms with E-state index in [-0.39, 0.29) is 23.7 Å². The third-order valence-corrected chi connectivity index (χ3v) is 3.21. The van der Waals surface area contributed by atoms with Gasteiger partial charge in [-0.15, -0.1) is 0 Å². The highest BCUT2D eigenvalue weighted by Gasteiger charge is 2.27. The van der Waals surface area contributed by atoms with Crippen LogP contribution in [0, 0.1) is 5.92 Å². The highest BCUT2D eigenvalue weighted by atomic mass is 16.5. The molecule has 1 rings (SSSR count). The summed E-state index contributed by atoms with van der Waals surface area (Å²) in [5, 5.41) is 11.4. The Balaban J connectivity index is 2.57. The van der Waals surface area contributed by atoms with Crippen LogP contribution in [0.15, 0.2) is 5.16 Å². The lowest BCUT2D eigenvalue weighted by atomic mass is 9.98. The Morgan fingerprint density at radius 1 is 1.50 bits per heavy atom. The SMILES string of the molecule is CC(C)N(CCC(N)=NO)C(=O)C1CCOCC1. The first-order valence-electron chi connectivity index (χ1n) is 6.41. The predicted octanol–water partition coefficient (Wildman–Crippen LogP) is 0.786. The van der Waals surface area contributed by atoms with Gasteiger partial charge in [-0.2, -0.15) is 0 Å². The Morgan fingerprint density at radius 3 is 2.61 bits per heavy atom. The fraction of sp³-hybridized carbons (Fsp3) is 0.833. The summed E-state index contributed by atoms with van der Waals surface area (Å²) >= 11 is 0. The van der Waals surface area contributed by atoms with Gasteiger partial charge in [0.2, 0.25) is 5.91 Å². The number of amidine groups is 1. The molecule has 1 amide bonds. The lowest BCUT2D eigenvalue weighted by molar-refractivity contribution is -0.140. The zero-order chi connectivity index (χ0) is 13.5. The number of carbonyl (C=O) groups excluding carboxylic acids is 1. The normalized spacial score (nSPS) is 18.1. The van der Waals surface area contributed by atoms with Gasteiger partial charge in [-0.25, -0.2) is 0 Å². The zero-order valence-electron chi connectivity index (χ0n) is 11.1. The molecule has 0 bridgehead atoms. The number of nitrogens with two attached hydrogens (primary N) is 1. The van der Waals surface area contributed by atoms with Crippen LogP contribution in [0.3, 0.4) is 0 Å². The van der Waals surface area contributed by atoms with Gasteiger partial charge in [0, 0.05) is 38.1 Å². The predicted molar refractivity (Wildman–Crippen MR) is 68.4 cm³/mol. The van der Waals surface area contributed by atoms with Crippen molar-refractivity contribution in [3.8, 4) is 0 Å². The summed E-state index contributed by atoms with van der Waals surface area (Å²) in [6.45, 7) is 5.75. The van der Waals surface area contributed by atoms with Crippen molar-refractivity contribution in [1.82, 2.24) is 4.90 Å². The van der Waals surface area contributed by atoms with Crippen LogP contribution < -0.4 is 5.73 Å². The number of ether oxygens (including phenoxy) is 1. The molecule has 1 aliphatic rings. The van der Waals surface area contributed by atoms with Gasteiger partial charge in [0.15, 0.2) is 0 Å². The maximum Gasteiger partial charge on any atom is 0.226 e. The molecule has 0 saturated carbocycles. The van der Waals surface area contributed by atoms with Crippen molar-refractivity contribution in [2.45, 2.75) is 39.2 Å². The molecule has 3 N–H and O–H groups in total. The van der Waals surface area contributed by atoms with Gasteiger partial charge >= 0.3 is 0 Å². The Labute approximate surface area is 108 Å². The van der Waals surface area contributed by atoms with Gasteiger partial charge in [-0.05, 0) is 26.7 Å². The molecule has 6 nitrogen and oxygen atoms in total. The van der Waals surface area contributed by atoms with Crippen LogP contribution in [0.1, 0.15) is 33.1 Å². The van der Waals surface area contributed by atoms with Crippen molar-refractivity contribution in [1.29, 1.82) is 0 Å². The van der Waals surface area contributed by atoms with Gasteiger partial charge in [-0.3, -0.25) is 4.79 Å². The first-order valence-corrected chi connectivity index (χ1v) is 6.41. The molecule has 0 unspecified atom stereocenters. The van der Waals surface area contributed by atoms with Crippen LogP contribution in [0.25, 0.3) is 0 Å². The third kappa shape index (κ3) is 4.18. The standard InChI is InChI=1S/C12H23N3O3/c1-9(2)15(6-3-11(13)14-17)12(16)10-4-7-18-8-5-10/h9-10,17H,3-8H2,1-2H3,(H2,13,14). The fourth-order valence-corrected chi connectivity index (χ4v) is 2.09. The largest absolute Gasteiger partial charge is 0.409 e. The maximum absolute atomic E-state index is 12.4. The molecule has 1 fully saturated rings. The van der Waals surface area contributed by atoms with Crippen molar-refractivity contribution < 1.29 is 14.7 Å². The molecule has 1 saturated heterocycles. The van der Waals surface area contributed by atoms with Crippen molar-refractivity contribution in [3.05, 3.63) is 0 Å². The topological polar surface area (TPSA) is 88.1 Å². The molecule has 6 heteroatoms. The molecule has 104 valence electrons. The number of carbonyl (C=O) groups is 1. The summed E-state index contributed by atoms with van der Waals surface area (Å²) in [5.41, 5.74) is 5.44. The quantitative estimate of drug-likeness (QED) is 0.330. The Morgan fingerprint density at radius 2 is 2.11 bits per heavy atom. The van der Waals surface area contributed by atoms with E-state index < -0.39 is 0 Å². The number of rotatable bonds is 5. The van der Waals surface area contributed by atoms with Gasteiger partial charge in [0.1, 0.15) is 5.84 Å². The van der Waals surface area contributed by atoms with Crippen LogP contribution in [-0.4, -0.2) is 47.7 Å². The van der Waals surface area contributed by atoms with E-state index in [2.05, 4.69) is 5.16 Å². The second kappa shape index (κ2) is 7.20. The Hall–Kier alpha value is -1.30. The van der Waals surface area contributed by atoms with Crippen molar-refractivity contribution in [2.75, 3.05) is 19.8 Å². The van der Waals surface area contributed by atoms with E-state index in [1.807, 2.05) is 13.8 Å². The first kappa shape index (κ1) is 14.8. The summed E-state index contributed by atoms with van der Waals surface area (Å²) in [7, 11) is 0. The lowest BCUT2D eigenvalue weighted by Crippen LogP contribution is -2.44. The average molecular weight is 257 g/mol. The second-order valence-electron chi connectivity index (χ2n) is 4.85. The van der Waals surface area contributed by atoms with Crippen molar-refractivity contribution in [2.24, 2.45) is 16.8 Å². The second-order valence-corrected chi connectivity index (χ2v) is 4.85. The first-order chi connectivity index (χ1) is 8.56. The van der Waals surface area contributed by atoms with Gasteiger partial charge in [0.25, 0.3) is 0 Å². The fourth-order valence-electron chi connectivity index (χ4n) is 2.09. The number of amides is 1. The average Bonchev–Trinajstić information content (AvgIpc) is 2.39. The molecular formula is C12H23N3O3. The molecule has 18 heavy (non-hydrogen) atoms. The summed E-state index contributed by atoms with van der Waals surface area (Å²) in [6, 6.07) is 0.117. The molecular weight excluding hydrogens is 234 g/mol. The molecule has 0 aromatic heterocycles. The van der Waals surface area contributed by atoms with Gasteiger partial charge in [-0.1, -0.05) is 5.16 Å². The summed E-state index contributed by atoms with van der Waals surface area (Å²) < 4.78 is 5.26. The minimum absolute atomic E-state index is 0.0495. The molecule has 0 aromatic carbocycles. The molecule has 1 heterocycles. The highest BCUT2D eigenvalue weighted by Crippen LogP contribution is 2.19. The van der Waals surface area contributed by atoms with Crippen LogP contribution >= 0.6 is 0 Å². The highest BCUT2D eigenvalue weighted by molar-refractivity contribution is 5.82. The van der Waals surface area contributed by atoms with E-state index in [1.165, 1.54) is 0 Å². The minimum Gasteiger partial charge on any atom is -0.409 e. The third-order valence-electron chi connectivity index (χ3n) is 3.21. The van der Waals surface area contributed by atoms with E-state index >= 15 is 0 Å². The maximum atomic E-state index is 12.4. The number of nitrogens with zero attached hydrogens (tertiary/aromatic N) is 2. The molecule has 0 spiro atoms. The Bertz CT molecular complexity index is 299. The molecule has 0 aliphatic carbocycles. The number of hydrogen-bond acceptors (Lipinski definition) is 4. The van der Waals surface area contributed by atoms with Crippen LogP contribution in [0.5, 0.6) is 0 Å². The minimum atomic E-state index is 0.0495. The molecule has 0 aromatic rings. The number of hydrogen-bond donors (Lipinski definition) is 2.